The fourth-order valence-corrected chi connectivity index (χ4v) is 3.46. The number of hydrogen-bond donors (Lipinski definition) is 3. The molecule has 0 unspecified atom stereocenters. The number of carbonyl (C=O) groups is 1. The molecular formula is C23H21N5O4. The lowest BCUT2D eigenvalue weighted by molar-refractivity contribution is 0.0780. The molecule has 4 rings (SSSR count). The number of nitrogens with zero attached hydrogens (tertiary/aromatic N) is 4. The maximum atomic E-state index is 13.0. The molecule has 2 heterocycles. The maximum absolute atomic E-state index is 13.0. The Bertz CT molecular complexity index is 1340. The molecule has 162 valence electrons. The lowest BCUT2D eigenvalue weighted by Gasteiger charge is -2.18. The fourth-order valence-electron chi connectivity index (χ4n) is 3.46. The Morgan fingerprint density at radius 2 is 1.84 bits per heavy atom. The number of phenols is 2. The molecule has 3 N–H and O–H groups in total. The van der Waals surface area contributed by atoms with E-state index in [1.165, 1.54) is 15.5 Å². The van der Waals surface area contributed by atoms with Gasteiger partial charge in [-0.1, -0.05) is 24.3 Å². The normalized spacial score (nSPS) is 10.8. The number of phenolic OH excluding ortho intramolecular Hbond substituents is 2. The monoisotopic (exact) mass is 431 g/mol. The number of para-hydroxylation sites is 1. The van der Waals surface area contributed by atoms with E-state index in [0.717, 1.165) is 11.6 Å². The summed E-state index contributed by atoms with van der Waals surface area (Å²) in [4.78, 5) is 31.1. The number of aryl methyl sites for hydroxylation is 1. The summed E-state index contributed by atoms with van der Waals surface area (Å²) < 4.78 is 1.31. The topological polar surface area (TPSA) is 124 Å². The van der Waals surface area contributed by atoms with Crippen LogP contribution in [0.4, 0.5) is 0 Å². The molecule has 0 saturated heterocycles. The van der Waals surface area contributed by atoms with Crippen LogP contribution in [0.3, 0.4) is 0 Å². The van der Waals surface area contributed by atoms with Crippen molar-refractivity contribution in [3.63, 3.8) is 0 Å². The van der Waals surface area contributed by atoms with E-state index in [4.69, 9.17) is 0 Å². The van der Waals surface area contributed by atoms with Crippen molar-refractivity contribution in [2.45, 2.75) is 13.5 Å². The van der Waals surface area contributed by atoms with Crippen LogP contribution in [0.25, 0.3) is 17.1 Å². The highest BCUT2D eigenvalue weighted by molar-refractivity contribution is 5.98. The molecule has 0 aliphatic rings. The molecule has 0 aliphatic heterocycles. The Labute approximate surface area is 183 Å². The molecule has 0 atom stereocenters. The number of nitrogens with one attached hydrogen (secondary N) is 1. The van der Waals surface area contributed by atoms with Gasteiger partial charge in [0.25, 0.3) is 5.91 Å². The zero-order valence-corrected chi connectivity index (χ0v) is 17.5. The van der Waals surface area contributed by atoms with Gasteiger partial charge in [0.2, 0.25) is 0 Å². The Morgan fingerprint density at radius 3 is 2.56 bits per heavy atom. The van der Waals surface area contributed by atoms with Gasteiger partial charge in [-0.15, -0.1) is 0 Å². The molecule has 2 aromatic heterocycles. The number of rotatable bonds is 5. The fraction of sp³-hybridized carbons (Fsp3) is 0.130. The van der Waals surface area contributed by atoms with Gasteiger partial charge in [0.15, 0.2) is 5.82 Å². The van der Waals surface area contributed by atoms with Gasteiger partial charge in [0, 0.05) is 19.3 Å². The highest BCUT2D eigenvalue weighted by Gasteiger charge is 2.23. The number of aromatic nitrogens is 4. The largest absolute Gasteiger partial charge is 0.507 e. The number of hydrogen-bond acceptors (Lipinski definition) is 6. The van der Waals surface area contributed by atoms with E-state index in [-0.39, 0.29) is 35.0 Å². The molecule has 32 heavy (non-hydrogen) atoms. The van der Waals surface area contributed by atoms with E-state index in [0.29, 0.717) is 11.4 Å². The van der Waals surface area contributed by atoms with E-state index < -0.39 is 11.6 Å². The first kappa shape index (κ1) is 20.9. The number of aromatic hydroxyl groups is 2. The minimum Gasteiger partial charge on any atom is -0.507 e. The van der Waals surface area contributed by atoms with Crippen molar-refractivity contribution in [1.82, 2.24) is 24.6 Å². The van der Waals surface area contributed by atoms with Crippen LogP contribution >= 0.6 is 0 Å². The van der Waals surface area contributed by atoms with Crippen molar-refractivity contribution in [3.05, 3.63) is 88.1 Å². The number of benzene rings is 2. The molecule has 0 saturated carbocycles. The molecule has 2 aromatic carbocycles. The smallest absolute Gasteiger partial charge is 0.348 e. The third-order valence-electron chi connectivity index (χ3n) is 5.09. The molecular weight excluding hydrogens is 410 g/mol. The highest BCUT2D eigenvalue weighted by atomic mass is 16.3. The van der Waals surface area contributed by atoms with Crippen molar-refractivity contribution in [2.24, 2.45) is 0 Å². The molecule has 4 aromatic rings. The summed E-state index contributed by atoms with van der Waals surface area (Å²) >= 11 is 0. The van der Waals surface area contributed by atoms with E-state index in [9.17, 15) is 19.8 Å². The minimum atomic E-state index is -0.498. The highest BCUT2D eigenvalue weighted by Crippen LogP contribution is 2.35. The molecule has 9 heteroatoms. The van der Waals surface area contributed by atoms with Crippen molar-refractivity contribution in [1.29, 1.82) is 0 Å². The maximum Gasteiger partial charge on any atom is 0.348 e. The van der Waals surface area contributed by atoms with Crippen molar-refractivity contribution in [2.75, 3.05) is 7.05 Å². The zero-order chi connectivity index (χ0) is 22.8. The van der Waals surface area contributed by atoms with Crippen LogP contribution in [0.2, 0.25) is 0 Å². The summed E-state index contributed by atoms with van der Waals surface area (Å²) in [6.45, 7) is 2.07. The Balaban J connectivity index is 1.77. The first-order valence-corrected chi connectivity index (χ1v) is 9.82. The van der Waals surface area contributed by atoms with Crippen molar-refractivity contribution >= 4 is 5.91 Å². The van der Waals surface area contributed by atoms with E-state index in [2.05, 4.69) is 15.2 Å². The van der Waals surface area contributed by atoms with E-state index in [1.54, 1.807) is 37.5 Å². The molecule has 0 spiro atoms. The van der Waals surface area contributed by atoms with Gasteiger partial charge in [0.05, 0.1) is 29.1 Å². The van der Waals surface area contributed by atoms with Crippen LogP contribution in [0.5, 0.6) is 11.5 Å². The van der Waals surface area contributed by atoms with Gasteiger partial charge < -0.3 is 15.1 Å². The summed E-state index contributed by atoms with van der Waals surface area (Å²) in [5.74, 6) is -1.07. The second-order valence-corrected chi connectivity index (χ2v) is 7.34. The van der Waals surface area contributed by atoms with Crippen LogP contribution in [-0.4, -0.2) is 47.8 Å². The van der Waals surface area contributed by atoms with Gasteiger partial charge in [-0.2, -0.15) is 5.10 Å². The predicted octanol–water partition coefficient (Wildman–Crippen LogP) is 2.61. The summed E-state index contributed by atoms with van der Waals surface area (Å²) in [7, 11) is 1.58. The number of carbonyl (C=O) groups excluding carboxylic acids is 1. The summed E-state index contributed by atoms with van der Waals surface area (Å²) in [6.07, 6.45) is 1.63. The Hall–Kier alpha value is -4.40. The molecule has 0 radical (unpaired) electrons. The van der Waals surface area contributed by atoms with Gasteiger partial charge >= 0.3 is 5.69 Å². The molecule has 0 fully saturated rings. The van der Waals surface area contributed by atoms with E-state index >= 15 is 0 Å². The zero-order valence-electron chi connectivity index (χ0n) is 17.5. The summed E-state index contributed by atoms with van der Waals surface area (Å²) in [6, 6.07) is 15.0. The van der Waals surface area contributed by atoms with Gasteiger partial charge in [-0.3, -0.25) is 9.78 Å². The summed E-state index contributed by atoms with van der Waals surface area (Å²) in [5, 5.41) is 27.3. The average molecular weight is 431 g/mol. The first-order chi connectivity index (χ1) is 15.4. The third-order valence-corrected chi connectivity index (χ3v) is 5.09. The second kappa shape index (κ2) is 8.38. The van der Waals surface area contributed by atoms with Gasteiger partial charge in [-0.25, -0.2) is 14.5 Å². The first-order valence-electron chi connectivity index (χ1n) is 9.82. The molecule has 1 amide bonds. The van der Waals surface area contributed by atoms with E-state index in [1.807, 2.05) is 25.1 Å². The van der Waals surface area contributed by atoms with Crippen molar-refractivity contribution in [3.8, 4) is 28.6 Å². The number of amides is 1. The minimum absolute atomic E-state index is 0.0389. The van der Waals surface area contributed by atoms with Crippen LogP contribution in [0, 0.1) is 6.92 Å². The van der Waals surface area contributed by atoms with Crippen molar-refractivity contribution < 1.29 is 15.0 Å². The summed E-state index contributed by atoms with van der Waals surface area (Å²) in [5.41, 5.74) is 1.67. The lowest BCUT2D eigenvalue weighted by atomic mass is 10.1. The van der Waals surface area contributed by atoms with Crippen LogP contribution in [-0.2, 0) is 6.54 Å². The molecule has 0 aliphatic carbocycles. The lowest BCUT2D eigenvalue weighted by Crippen LogP contribution is -2.26. The predicted molar refractivity (Wildman–Crippen MR) is 118 cm³/mol. The number of pyridine rings is 1. The van der Waals surface area contributed by atoms with Crippen LogP contribution in [0.1, 0.15) is 21.6 Å². The Morgan fingerprint density at radius 1 is 1.09 bits per heavy atom. The molecule has 9 nitrogen and oxygen atoms in total. The second-order valence-electron chi connectivity index (χ2n) is 7.34. The van der Waals surface area contributed by atoms with Crippen LogP contribution < -0.4 is 5.69 Å². The average Bonchev–Trinajstić information content (AvgIpc) is 3.15. The Kier molecular flexibility index (Phi) is 5.46. The quantitative estimate of drug-likeness (QED) is 0.446. The van der Waals surface area contributed by atoms with Crippen LogP contribution in [0.15, 0.2) is 65.6 Å². The molecule has 0 bridgehead atoms. The number of aromatic amines is 1. The van der Waals surface area contributed by atoms with Gasteiger partial charge in [-0.05, 0) is 36.8 Å². The number of H-pyrrole nitrogens is 1. The third kappa shape index (κ3) is 3.83. The standard InChI is InChI=1S/C23H21N5O4/c1-14-7-3-4-9-18(14)28-21(25-26-23(28)32)16-11-17(20(30)12-19(16)29)22(31)27(2)13-15-8-5-6-10-24-15/h3-12,29-30H,13H2,1-2H3,(H,26,32). The van der Waals surface area contributed by atoms with Gasteiger partial charge in [0.1, 0.15) is 11.5 Å². The SMILES string of the molecule is Cc1ccccc1-n1c(-c2cc(C(=O)N(C)Cc3ccccn3)c(O)cc2O)n[nH]c1=O.